The van der Waals surface area contributed by atoms with Gasteiger partial charge in [0.05, 0.1) is 24.7 Å². The number of nitrogens with zero attached hydrogens (tertiary/aromatic N) is 2. The van der Waals surface area contributed by atoms with Crippen molar-refractivity contribution in [1.82, 2.24) is 14.9 Å². The number of nitrogens with one attached hydrogen (secondary N) is 1. The summed E-state index contributed by atoms with van der Waals surface area (Å²) < 4.78 is 5.32. The zero-order valence-electron chi connectivity index (χ0n) is 14.1. The number of thioether (sulfide) groups is 1. The van der Waals surface area contributed by atoms with Crippen molar-refractivity contribution in [2.45, 2.75) is 36.9 Å². The molecule has 6 nitrogen and oxygen atoms in total. The third-order valence-corrected chi connectivity index (χ3v) is 6.99. The number of aromatic amines is 1. The van der Waals surface area contributed by atoms with Gasteiger partial charge < -0.3 is 14.8 Å². The Morgan fingerprint density at radius 2 is 2.12 bits per heavy atom. The number of aryl methyl sites for hydroxylation is 2. The van der Waals surface area contributed by atoms with Crippen LogP contribution in [0.1, 0.15) is 23.3 Å². The largest absolute Gasteiger partial charge is 0.391 e. The van der Waals surface area contributed by atoms with Crippen molar-refractivity contribution in [3.63, 3.8) is 0 Å². The van der Waals surface area contributed by atoms with Crippen LogP contribution in [-0.2, 0) is 17.6 Å². The Morgan fingerprint density at radius 3 is 2.96 bits per heavy atom. The number of hydrogen-bond donors (Lipinski definition) is 2. The van der Waals surface area contributed by atoms with E-state index in [1.807, 2.05) is 0 Å². The van der Waals surface area contributed by atoms with Gasteiger partial charge >= 0.3 is 0 Å². The minimum absolute atomic E-state index is 0.0328. The highest BCUT2D eigenvalue weighted by Gasteiger charge is 2.20. The topological polar surface area (TPSA) is 78.5 Å². The summed E-state index contributed by atoms with van der Waals surface area (Å²) in [5, 5.41) is 11.7. The quantitative estimate of drug-likeness (QED) is 0.606. The second-order valence-corrected chi connectivity index (χ2v) is 8.73. The molecule has 2 aromatic heterocycles. The second-order valence-electron chi connectivity index (χ2n) is 6.64. The second kappa shape index (κ2) is 7.75. The normalized spacial score (nSPS) is 19.9. The van der Waals surface area contributed by atoms with E-state index >= 15 is 0 Å². The lowest BCUT2D eigenvalue weighted by Gasteiger charge is -2.28. The van der Waals surface area contributed by atoms with Gasteiger partial charge in [0.15, 0.2) is 5.16 Å². The van der Waals surface area contributed by atoms with Crippen molar-refractivity contribution in [1.29, 1.82) is 0 Å². The monoisotopic (exact) mass is 381 g/mol. The van der Waals surface area contributed by atoms with Gasteiger partial charge in [0.2, 0.25) is 0 Å². The van der Waals surface area contributed by atoms with Crippen LogP contribution in [0.15, 0.2) is 9.95 Å². The number of aliphatic hydroxyl groups is 1. The maximum atomic E-state index is 12.5. The predicted molar refractivity (Wildman–Crippen MR) is 101 cm³/mol. The Hall–Kier alpha value is -0.930. The molecule has 1 saturated heterocycles. The van der Waals surface area contributed by atoms with Gasteiger partial charge in [0.1, 0.15) is 4.83 Å². The van der Waals surface area contributed by atoms with E-state index in [1.165, 1.54) is 28.6 Å². The zero-order valence-corrected chi connectivity index (χ0v) is 15.8. The Bertz CT molecular complexity index is 798. The van der Waals surface area contributed by atoms with Gasteiger partial charge in [-0.2, -0.15) is 0 Å². The number of rotatable bonds is 5. The van der Waals surface area contributed by atoms with E-state index in [0.29, 0.717) is 17.5 Å². The fraction of sp³-hybridized carbons (Fsp3) is 0.647. The molecule has 1 fully saturated rings. The minimum atomic E-state index is -0.444. The van der Waals surface area contributed by atoms with Crippen molar-refractivity contribution in [3.8, 4) is 0 Å². The number of aromatic nitrogens is 2. The van der Waals surface area contributed by atoms with Crippen LogP contribution < -0.4 is 5.56 Å². The summed E-state index contributed by atoms with van der Waals surface area (Å²) in [6.45, 7) is 3.83. The predicted octanol–water partition coefficient (Wildman–Crippen LogP) is 1.65. The molecule has 8 heteroatoms. The van der Waals surface area contributed by atoms with E-state index in [2.05, 4.69) is 14.9 Å². The maximum Gasteiger partial charge on any atom is 0.260 e. The lowest BCUT2D eigenvalue weighted by molar-refractivity contribution is 0.0188. The SMILES string of the molecule is O=c1[nH]c(SC[C@H](O)CN2CCOCC2)nc2sc3c(c12)CCCC3. The maximum absolute atomic E-state index is 12.5. The molecule has 0 radical (unpaired) electrons. The van der Waals surface area contributed by atoms with Crippen LogP contribution >= 0.6 is 23.1 Å². The van der Waals surface area contributed by atoms with Crippen molar-refractivity contribution >= 4 is 33.3 Å². The first-order valence-electron chi connectivity index (χ1n) is 8.86. The summed E-state index contributed by atoms with van der Waals surface area (Å²) in [7, 11) is 0. The summed E-state index contributed by atoms with van der Waals surface area (Å²) >= 11 is 3.09. The van der Waals surface area contributed by atoms with Crippen molar-refractivity contribution < 1.29 is 9.84 Å². The molecule has 2 aliphatic rings. The minimum Gasteiger partial charge on any atom is -0.391 e. The first-order valence-corrected chi connectivity index (χ1v) is 10.7. The number of β-amino-alcohol motifs (C(OH)–C–C–N with tert-alkyl or cyclic N) is 1. The molecule has 1 atom stereocenters. The molecule has 1 aliphatic heterocycles. The number of aliphatic hydroxyl groups excluding tert-OH is 1. The van der Waals surface area contributed by atoms with E-state index in [4.69, 9.17) is 4.74 Å². The molecule has 0 aromatic carbocycles. The van der Waals surface area contributed by atoms with Crippen molar-refractivity contribution in [2.75, 3.05) is 38.6 Å². The van der Waals surface area contributed by atoms with Crippen molar-refractivity contribution in [2.24, 2.45) is 0 Å². The average Bonchev–Trinajstić information content (AvgIpc) is 2.99. The zero-order chi connectivity index (χ0) is 17.2. The number of thiophene rings is 1. The van der Waals surface area contributed by atoms with E-state index in [1.54, 1.807) is 11.3 Å². The molecule has 25 heavy (non-hydrogen) atoms. The molecule has 136 valence electrons. The lowest BCUT2D eigenvalue weighted by Crippen LogP contribution is -2.41. The van der Waals surface area contributed by atoms with Crippen LogP contribution in [0.5, 0.6) is 0 Å². The molecule has 0 unspecified atom stereocenters. The Kier molecular flexibility index (Phi) is 5.42. The molecule has 0 bridgehead atoms. The fourth-order valence-electron chi connectivity index (χ4n) is 3.52. The van der Waals surface area contributed by atoms with Crippen LogP contribution in [0, 0.1) is 0 Å². The van der Waals surface area contributed by atoms with Gasteiger partial charge in [-0.1, -0.05) is 11.8 Å². The smallest absolute Gasteiger partial charge is 0.260 e. The highest BCUT2D eigenvalue weighted by molar-refractivity contribution is 7.99. The first-order chi connectivity index (χ1) is 12.2. The van der Waals surface area contributed by atoms with E-state index in [0.717, 1.165) is 55.8 Å². The first kappa shape index (κ1) is 17.5. The molecule has 0 saturated carbocycles. The third kappa shape index (κ3) is 3.93. The highest BCUT2D eigenvalue weighted by atomic mass is 32.2. The fourth-order valence-corrected chi connectivity index (χ4v) is 5.62. The highest BCUT2D eigenvalue weighted by Crippen LogP contribution is 2.34. The van der Waals surface area contributed by atoms with Gasteiger partial charge in [0, 0.05) is 30.3 Å². The molecule has 3 heterocycles. The number of H-pyrrole nitrogens is 1. The Labute approximate surface area is 154 Å². The number of hydrogen-bond acceptors (Lipinski definition) is 7. The Balaban J connectivity index is 1.44. The summed E-state index contributed by atoms with van der Waals surface area (Å²) in [6.07, 6.45) is 3.97. The van der Waals surface area contributed by atoms with Crippen LogP contribution in [0.2, 0.25) is 0 Å². The molecular formula is C17H23N3O3S2. The lowest BCUT2D eigenvalue weighted by atomic mass is 9.97. The van der Waals surface area contributed by atoms with Crippen molar-refractivity contribution in [3.05, 3.63) is 20.8 Å². The molecule has 2 aromatic rings. The van der Waals surface area contributed by atoms with Crippen LogP contribution in [-0.4, -0.2) is 64.7 Å². The standard InChI is InChI=1S/C17H23N3O3S2/c21-11(9-20-5-7-23-8-6-20)10-24-17-18-15(22)14-12-3-1-2-4-13(12)25-16(14)19-17/h11,21H,1-10H2,(H,18,19,22)/t11-/m1/s1. The van der Waals surface area contributed by atoms with E-state index < -0.39 is 6.10 Å². The Morgan fingerprint density at radius 1 is 1.32 bits per heavy atom. The van der Waals surface area contributed by atoms with Gasteiger partial charge in [-0.25, -0.2) is 4.98 Å². The summed E-state index contributed by atoms with van der Waals surface area (Å²) in [5.74, 6) is 0.525. The summed E-state index contributed by atoms with van der Waals surface area (Å²) in [6, 6.07) is 0. The van der Waals surface area contributed by atoms with E-state index in [-0.39, 0.29) is 5.56 Å². The van der Waals surface area contributed by atoms with Crippen LogP contribution in [0.3, 0.4) is 0 Å². The summed E-state index contributed by atoms with van der Waals surface area (Å²) in [5.41, 5.74) is 1.18. The summed E-state index contributed by atoms with van der Waals surface area (Å²) in [4.78, 5) is 24.4. The molecule has 0 spiro atoms. The molecule has 1 aliphatic carbocycles. The third-order valence-electron chi connectivity index (χ3n) is 4.79. The van der Waals surface area contributed by atoms with Crippen LogP contribution in [0.4, 0.5) is 0 Å². The van der Waals surface area contributed by atoms with Gasteiger partial charge in [-0.05, 0) is 31.2 Å². The molecule has 2 N–H and O–H groups in total. The molecular weight excluding hydrogens is 358 g/mol. The molecule has 4 rings (SSSR count). The number of fused-ring (bicyclic) bond motifs is 3. The number of morpholine rings is 1. The van der Waals surface area contributed by atoms with E-state index in [9.17, 15) is 9.90 Å². The average molecular weight is 382 g/mol. The van der Waals surface area contributed by atoms with Gasteiger partial charge in [0.25, 0.3) is 5.56 Å². The van der Waals surface area contributed by atoms with Gasteiger partial charge in [-0.3, -0.25) is 9.69 Å². The van der Waals surface area contributed by atoms with Gasteiger partial charge in [-0.15, -0.1) is 11.3 Å². The number of ether oxygens (including phenoxy) is 1. The molecule has 0 amide bonds. The van der Waals surface area contributed by atoms with Crippen LogP contribution in [0.25, 0.3) is 10.2 Å².